The van der Waals surface area contributed by atoms with Crippen molar-refractivity contribution in [3.63, 3.8) is 0 Å². The second-order valence-corrected chi connectivity index (χ2v) is 8.75. The number of carbonyl (C=O) groups excluding carboxylic acids is 2. The molecule has 2 amide bonds. The van der Waals surface area contributed by atoms with E-state index >= 15 is 0 Å². The summed E-state index contributed by atoms with van der Waals surface area (Å²) in [6.07, 6.45) is 4.00. The van der Waals surface area contributed by atoms with Gasteiger partial charge >= 0.3 is 0 Å². The number of pyridine rings is 1. The van der Waals surface area contributed by atoms with Gasteiger partial charge in [0.05, 0.1) is 6.04 Å². The first-order valence-corrected chi connectivity index (χ1v) is 11.1. The number of aromatic amines is 1. The monoisotopic (exact) mass is 435 g/mol. The van der Waals surface area contributed by atoms with E-state index in [0.717, 1.165) is 34.3 Å². The summed E-state index contributed by atoms with van der Waals surface area (Å²) in [5.41, 5.74) is 3.86. The molecule has 2 atom stereocenters. The van der Waals surface area contributed by atoms with Crippen molar-refractivity contribution in [3.8, 4) is 0 Å². The van der Waals surface area contributed by atoms with Crippen molar-refractivity contribution >= 4 is 22.8 Å². The van der Waals surface area contributed by atoms with Crippen molar-refractivity contribution in [1.82, 2.24) is 25.9 Å². The zero-order chi connectivity index (χ0) is 23.1. The molecule has 7 nitrogen and oxygen atoms in total. The molecule has 0 bridgehead atoms. The quantitative estimate of drug-likeness (QED) is 0.394. The van der Waals surface area contributed by atoms with Gasteiger partial charge < -0.3 is 20.9 Å². The minimum Gasteiger partial charge on any atom is -0.350 e. The van der Waals surface area contributed by atoms with Crippen LogP contribution in [-0.2, 0) is 22.6 Å². The molecule has 0 saturated heterocycles. The molecule has 7 heteroatoms. The number of hydrogen-bond acceptors (Lipinski definition) is 4. The summed E-state index contributed by atoms with van der Waals surface area (Å²) in [4.78, 5) is 33.2. The topological polar surface area (TPSA) is 98.9 Å². The first kappa shape index (κ1) is 23.5. The highest BCUT2D eigenvalue weighted by Gasteiger charge is 2.24. The summed E-state index contributed by atoms with van der Waals surface area (Å²) in [6, 6.07) is 10.9. The Balaban J connectivity index is 1.67. The molecule has 3 aromatic rings. The SMILES string of the molecule is Cc1ccc(C[C@H](NC(=O)[C@H](C)NCC(C)C)C(=O)NCc2cnc3[nH]ccc3c2)cc1. The van der Waals surface area contributed by atoms with E-state index in [9.17, 15) is 9.59 Å². The third-order valence-electron chi connectivity index (χ3n) is 5.34. The number of fused-ring (bicyclic) bond motifs is 1. The molecule has 0 saturated carbocycles. The Morgan fingerprint density at radius 2 is 1.78 bits per heavy atom. The van der Waals surface area contributed by atoms with Gasteiger partial charge in [0.1, 0.15) is 11.7 Å². The van der Waals surface area contributed by atoms with Gasteiger partial charge in [-0.1, -0.05) is 43.7 Å². The molecule has 0 unspecified atom stereocenters. The Kier molecular flexibility index (Phi) is 8.00. The fourth-order valence-corrected chi connectivity index (χ4v) is 3.37. The smallest absolute Gasteiger partial charge is 0.243 e. The largest absolute Gasteiger partial charge is 0.350 e. The fourth-order valence-electron chi connectivity index (χ4n) is 3.37. The van der Waals surface area contributed by atoms with Crippen LogP contribution in [0.15, 0.2) is 48.8 Å². The van der Waals surface area contributed by atoms with Crippen LogP contribution in [0, 0.1) is 12.8 Å². The number of nitrogens with one attached hydrogen (secondary N) is 4. The Hall–Kier alpha value is -3.19. The predicted octanol–water partition coefficient (Wildman–Crippen LogP) is 2.85. The summed E-state index contributed by atoms with van der Waals surface area (Å²) in [5.74, 6) is 0.0281. The molecule has 4 N–H and O–H groups in total. The van der Waals surface area contributed by atoms with Crippen molar-refractivity contribution in [2.45, 2.75) is 52.7 Å². The van der Waals surface area contributed by atoms with Gasteiger partial charge in [0.25, 0.3) is 0 Å². The van der Waals surface area contributed by atoms with Crippen LogP contribution < -0.4 is 16.0 Å². The van der Waals surface area contributed by atoms with E-state index in [2.05, 4.69) is 39.8 Å². The van der Waals surface area contributed by atoms with Crippen LogP contribution in [0.4, 0.5) is 0 Å². The van der Waals surface area contributed by atoms with Gasteiger partial charge in [-0.05, 0) is 49.6 Å². The molecular formula is C25H33N5O2. The average molecular weight is 436 g/mol. The number of nitrogens with zero attached hydrogens (tertiary/aromatic N) is 1. The molecule has 0 fully saturated rings. The zero-order valence-electron chi connectivity index (χ0n) is 19.2. The minimum absolute atomic E-state index is 0.187. The first-order chi connectivity index (χ1) is 15.3. The molecule has 32 heavy (non-hydrogen) atoms. The second-order valence-electron chi connectivity index (χ2n) is 8.75. The van der Waals surface area contributed by atoms with Gasteiger partial charge in [-0.25, -0.2) is 4.98 Å². The molecule has 1 aromatic carbocycles. The maximum Gasteiger partial charge on any atom is 0.243 e. The number of carbonyl (C=O) groups is 2. The molecule has 0 aliphatic rings. The van der Waals surface area contributed by atoms with Gasteiger partial charge in [-0.15, -0.1) is 0 Å². The highest BCUT2D eigenvalue weighted by atomic mass is 16.2. The molecular weight excluding hydrogens is 402 g/mol. The normalized spacial score (nSPS) is 13.2. The number of hydrogen-bond donors (Lipinski definition) is 4. The lowest BCUT2D eigenvalue weighted by Gasteiger charge is -2.22. The molecule has 170 valence electrons. The molecule has 0 spiro atoms. The molecule has 2 heterocycles. The average Bonchev–Trinajstić information content (AvgIpc) is 3.24. The lowest BCUT2D eigenvalue weighted by molar-refractivity contribution is -0.129. The number of aryl methyl sites for hydroxylation is 1. The van der Waals surface area contributed by atoms with Gasteiger partial charge in [0.15, 0.2) is 0 Å². The molecule has 0 radical (unpaired) electrons. The van der Waals surface area contributed by atoms with Gasteiger partial charge in [-0.3, -0.25) is 9.59 Å². The number of amides is 2. The molecule has 2 aromatic heterocycles. The number of aromatic nitrogens is 2. The van der Waals surface area contributed by atoms with E-state index in [1.165, 1.54) is 0 Å². The fraction of sp³-hybridized carbons (Fsp3) is 0.400. The molecule has 0 aliphatic heterocycles. The lowest BCUT2D eigenvalue weighted by atomic mass is 10.0. The first-order valence-electron chi connectivity index (χ1n) is 11.1. The van der Waals surface area contributed by atoms with Crippen molar-refractivity contribution in [2.75, 3.05) is 6.54 Å². The van der Waals surface area contributed by atoms with Crippen LogP contribution >= 0.6 is 0 Å². The Labute approximate surface area is 189 Å². The number of H-pyrrole nitrogens is 1. The van der Waals surface area contributed by atoms with Gasteiger partial charge in [-0.2, -0.15) is 0 Å². The summed E-state index contributed by atoms with van der Waals surface area (Å²) in [6.45, 7) is 9.09. The highest BCUT2D eigenvalue weighted by molar-refractivity contribution is 5.89. The van der Waals surface area contributed by atoms with Crippen molar-refractivity contribution in [3.05, 3.63) is 65.5 Å². The summed E-state index contributed by atoms with van der Waals surface area (Å²) < 4.78 is 0. The Morgan fingerprint density at radius 3 is 2.50 bits per heavy atom. The predicted molar refractivity (Wildman–Crippen MR) is 127 cm³/mol. The highest BCUT2D eigenvalue weighted by Crippen LogP contribution is 2.12. The maximum atomic E-state index is 13.1. The van der Waals surface area contributed by atoms with Crippen LogP contribution in [-0.4, -0.2) is 40.4 Å². The van der Waals surface area contributed by atoms with Crippen molar-refractivity contribution in [2.24, 2.45) is 5.92 Å². The second kappa shape index (κ2) is 10.9. The van der Waals surface area contributed by atoms with Gasteiger partial charge in [0.2, 0.25) is 11.8 Å². The van der Waals surface area contributed by atoms with Crippen LogP contribution in [0.2, 0.25) is 0 Å². The van der Waals surface area contributed by atoms with E-state index in [-0.39, 0.29) is 17.9 Å². The standard InChI is InChI=1S/C25H33N5O2/c1-16(2)13-27-18(4)24(31)30-22(12-19-7-5-17(3)6-8-19)25(32)29-15-20-11-21-9-10-26-23(21)28-14-20/h5-11,14,16,18,22,27H,12-13,15H2,1-4H3,(H,26,28)(H,29,32)(H,30,31)/t18-,22-/m0/s1. The summed E-state index contributed by atoms with van der Waals surface area (Å²) in [7, 11) is 0. The van der Waals surface area contributed by atoms with Crippen LogP contribution in [0.3, 0.4) is 0 Å². The van der Waals surface area contributed by atoms with Gasteiger partial charge in [0, 0.05) is 30.7 Å². The van der Waals surface area contributed by atoms with Crippen LogP contribution in [0.5, 0.6) is 0 Å². The van der Waals surface area contributed by atoms with E-state index in [1.807, 2.05) is 56.4 Å². The third kappa shape index (κ3) is 6.65. The molecule has 3 rings (SSSR count). The number of rotatable bonds is 10. The molecule has 0 aliphatic carbocycles. The Bertz CT molecular complexity index is 1040. The maximum absolute atomic E-state index is 13.1. The van der Waals surface area contributed by atoms with E-state index in [1.54, 1.807) is 6.20 Å². The number of benzene rings is 1. The minimum atomic E-state index is -0.669. The third-order valence-corrected chi connectivity index (χ3v) is 5.34. The van der Waals surface area contributed by atoms with E-state index < -0.39 is 6.04 Å². The lowest BCUT2D eigenvalue weighted by Crippen LogP contribution is -2.53. The van der Waals surface area contributed by atoms with Crippen molar-refractivity contribution < 1.29 is 9.59 Å². The van der Waals surface area contributed by atoms with Crippen molar-refractivity contribution in [1.29, 1.82) is 0 Å². The van der Waals surface area contributed by atoms with E-state index in [4.69, 9.17) is 0 Å². The van der Waals surface area contributed by atoms with Crippen LogP contribution in [0.1, 0.15) is 37.5 Å². The summed E-state index contributed by atoms with van der Waals surface area (Å²) in [5, 5.41) is 10.1. The summed E-state index contributed by atoms with van der Waals surface area (Å²) >= 11 is 0. The van der Waals surface area contributed by atoms with Crippen LogP contribution in [0.25, 0.3) is 11.0 Å². The Morgan fingerprint density at radius 1 is 1.03 bits per heavy atom. The van der Waals surface area contributed by atoms with E-state index in [0.29, 0.717) is 18.9 Å². The zero-order valence-corrected chi connectivity index (χ0v) is 19.2.